The Balaban J connectivity index is 1.95. The smallest absolute Gasteiger partial charge is 0.318 e. The summed E-state index contributed by atoms with van der Waals surface area (Å²) in [5, 5.41) is 12.4. The van der Waals surface area contributed by atoms with E-state index in [1.807, 2.05) is 13.0 Å². The molecule has 0 bridgehead atoms. The molecule has 2 heterocycles. The van der Waals surface area contributed by atoms with Gasteiger partial charge in [0.25, 0.3) is 0 Å². The lowest BCUT2D eigenvalue weighted by Crippen LogP contribution is -2.53. The fourth-order valence-electron chi connectivity index (χ4n) is 2.39. The van der Waals surface area contributed by atoms with Crippen molar-refractivity contribution in [3.8, 4) is 0 Å². The van der Waals surface area contributed by atoms with Gasteiger partial charge in [0.15, 0.2) is 0 Å². The topological polar surface area (TPSA) is 74.9 Å². The van der Waals surface area contributed by atoms with Crippen molar-refractivity contribution in [1.29, 1.82) is 0 Å². The van der Waals surface area contributed by atoms with Gasteiger partial charge in [0.1, 0.15) is 5.76 Å². The summed E-state index contributed by atoms with van der Waals surface area (Å²) in [6.07, 6.45) is 1.64. The maximum Gasteiger partial charge on any atom is 0.318 e. The molecule has 0 radical (unpaired) electrons. The number of furan rings is 1. The fourth-order valence-corrected chi connectivity index (χ4v) is 2.39. The maximum absolute atomic E-state index is 12.3. The van der Waals surface area contributed by atoms with Gasteiger partial charge in [-0.2, -0.15) is 0 Å². The number of carbonyl (C=O) groups is 1. The number of hydrogen-bond acceptors (Lipinski definition) is 4. The van der Waals surface area contributed by atoms with Crippen LogP contribution in [-0.2, 0) is 4.74 Å². The van der Waals surface area contributed by atoms with Crippen molar-refractivity contribution < 1.29 is 19.1 Å². The van der Waals surface area contributed by atoms with Crippen LogP contribution >= 0.6 is 0 Å². The molecule has 2 N–H and O–H groups in total. The molecule has 0 spiro atoms. The van der Waals surface area contributed by atoms with Gasteiger partial charge in [0, 0.05) is 6.54 Å². The Kier molecular flexibility index (Phi) is 5.03. The van der Waals surface area contributed by atoms with E-state index < -0.39 is 6.10 Å². The van der Waals surface area contributed by atoms with Gasteiger partial charge in [-0.3, -0.25) is 0 Å². The highest BCUT2D eigenvalue weighted by molar-refractivity contribution is 5.75. The van der Waals surface area contributed by atoms with Crippen LogP contribution in [0.3, 0.4) is 0 Å². The molecule has 112 valence electrons. The normalized spacial score (nSPS) is 22.4. The van der Waals surface area contributed by atoms with Crippen molar-refractivity contribution in [3.63, 3.8) is 0 Å². The summed E-state index contributed by atoms with van der Waals surface area (Å²) < 4.78 is 10.7. The van der Waals surface area contributed by atoms with E-state index in [2.05, 4.69) is 5.32 Å². The highest BCUT2D eigenvalue weighted by Crippen LogP contribution is 2.16. The number of rotatable bonds is 4. The Morgan fingerprint density at radius 2 is 2.40 bits per heavy atom. The number of carbonyl (C=O) groups excluding carboxylic acids is 1. The molecule has 1 fully saturated rings. The van der Waals surface area contributed by atoms with Crippen LogP contribution < -0.4 is 5.32 Å². The van der Waals surface area contributed by atoms with Gasteiger partial charge in [-0.15, -0.1) is 0 Å². The molecular weight excluding hydrogens is 260 g/mol. The quantitative estimate of drug-likeness (QED) is 0.878. The Bertz CT molecular complexity index is 419. The van der Waals surface area contributed by atoms with Crippen molar-refractivity contribution in [2.45, 2.75) is 38.5 Å². The van der Waals surface area contributed by atoms with Crippen LogP contribution in [0.15, 0.2) is 22.8 Å². The molecule has 3 atom stereocenters. The molecule has 1 aromatic heterocycles. The number of aliphatic hydroxyl groups is 1. The van der Waals surface area contributed by atoms with Gasteiger partial charge in [-0.1, -0.05) is 0 Å². The maximum atomic E-state index is 12.3. The summed E-state index contributed by atoms with van der Waals surface area (Å²) in [6.45, 7) is 5.12. The highest BCUT2D eigenvalue weighted by atomic mass is 16.5. The molecule has 0 aliphatic carbocycles. The predicted octanol–water partition coefficient (Wildman–Crippen LogP) is 1.52. The number of amides is 2. The molecule has 0 aromatic carbocycles. The van der Waals surface area contributed by atoms with Gasteiger partial charge in [0.05, 0.1) is 37.7 Å². The molecule has 2 amide bonds. The molecule has 1 saturated heterocycles. The third kappa shape index (κ3) is 3.74. The van der Waals surface area contributed by atoms with Crippen molar-refractivity contribution in [2.75, 3.05) is 19.8 Å². The number of nitrogens with zero attached hydrogens (tertiary/aromatic N) is 1. The summed E-state index contributed by atoms with van der Waals surface area (Å²) in [5.74, 6) is 0.721. The van der Waals surface area contributed by atoms with E-state index >= 15 is 0 Å². The van der Waals surface area contributed by atoms with E-state index in [0.29, 0.717) is 26.2 Å². The van der Waals surface area contributed by atoms with E-state index in [0.717, 1.165) is 5.76 Å². The second-order valence-corrected chi connectivity index (χ2v) is 5.19. The first-order chi connectivity index (χ1) is 9.58. The molecule has 20 heavy (non-hydrogen) atoms. The standard InChI is InChI=1S/C14H22N2O4/c1-10(17)8-12-9-19-7-5-16(12)14(18)15-11(2)13-4-3-6-20-13/h3-4,6,10-12,17H,5,7-9H2,1-2H3,(H,15,18). The first-order valence-corrected chi connectivity index (χ1v) is 6.94. The molecule has 0 saturated carbocycles. The van der Waals surface area contributed by atoms with E-state index in [9.17, 15) is 9.90 Å². The molecule has 1 aromatic rings. The van der Waals surface area contributed by atoms with E-state index in [-0.39, 0.29) is 18.1 Å². The van der Waals surface area contributed by atoms with E-state index in [4.69, 9.17) is 9.15 Å². The number of aliphatic hydroxyl groups excluding tert-OH is 1. The summed E-state index contributed by atoms with van der Waals surface area (Å²) in [7, 11) is 0. The SMILES string of the molecule is CC(O)CC1COCCN1C(=O)NC(C)c1ccco1. The molecule has 1 aliphatic rings. The average molecular weight is 282 g/mol. The Morgan fingerprint density at radius 1 is 1.60 bits per heavy atom. The number of hydrogen-bond donors (Lipinski definition) is 2. The second kappa shape index (κ2) is 6.76. The fraction of sp³-hybridized carbons (Fsp3) is 0.643. The van der Waals surface area contributed by atoms with Crippen LogP contribution in [0.5, 0.6) is 0 Å². The number of urea groups is 1. The lowest BCUT2D eigenvalue weighted by atomic mass is 10.1. The van der Waals surface area contributed by atoms with Gasteiger partial charge < -0.3 is 24.5 Å². The molecule has 1 aliphatic heterocycles. The largest absolute Gasteiger partial charge is 0.467 e. The van der Waals surface area contributed by atoms with Crippen LogP contribution in [0.4, 0.5) is 4.79 Å². The second-order valence-electron chi connectivity index (χ2n) is 5.19. The lowest BCUT2D eigenvalue weighted by Gasteiger charge is -2.36. The van der Waals surface area contributed by atoms with E-state index in [1.165, 1.54) is 0 Å². The van der Waals surface area contributed by atoms with Gasteiger partial charge >= 0.3 is 6.03 Å². The Morgan fingerprint density at radius 3 is 3.05 bits per heavy atom. The Hall–Kier alpha value is -1.53. The Labute approximate surface area is 118 Å². The summed E-state index contributed by atoms with van der Waals surface area (Å²) >= 11 is 0. The predicted molar refractivity (Wildman–Crippen MR) is 73.3 cm³/mol. The minimum Gasteiger partial charge on any atom is -0.467 e. The zero-order chi connectivity index (χ0) is 14.5. The summed E-state index contributed by atoms with van der Waals surface area (Å²) in [6, 6.07) is 3.20. The monoisotopic (exact) mass is 282 g/mol. The van der Waals surface area contributed by atoms with Crippen molar-refractivity contribution in [2.24, 2.45) is 0 Å². The average Bonchev–Trinajstić information content (AvgIpc) is 2.92. The van der Waals surface area contributed by atoms with Gasteiger partial charge in [0.2, 0.25) is 0 Å². The minimum absolute atomic E-state index is 0.0902. The van der Waals surface area contributed by atoms with Crippen LogP contribution in [0, 0.1) is 0 Å². The van der Waals surface area contributed by atoms with E-state index in [1.54, 1.807) is 24.2 Å². The van der Waals surface area contributed by atoms with Crippen LogP contribution in [-0.4, -0.2) is 47.9 Å². The molecule has 6 heteroatoms. The number of ether oxygens (including phenoxy) is 1. The lowest BCUT2D eigenvalue weighted by molar-refractivity contribution is -0.00484. The zero-order valence-electron chi connectivity index (χ0n) is 11.9. The van der Waals surface area contributed by atoms with Crippen LogP contribution in [0.25, 0.3) is 0 Å². The van der Waals surface area contributed by atoms with Gasteiger partial charge in [-0.05, 0) is 32.4 Å². The zero-order valence-corrected chi connectivity index (χ0v) is 11.9. The molecule has 6 nitrogen and oxygen atoms in total. The summed E-state index contributed by atoms with van der Waals surface area (Å²) in [4.78, 5) is 14.1. The minimum atomic E-state index is -0.459. The first kappa shape index (κ1) is 14.9. The van der Waals surface area contributed by atoms with Crippen molar-refractivity contribution in [3.05, 3.63) is 24.2 Å². The third-order valence-electron chi connectivity index (χ3n) is 3.41. The summed E-state index contributed by atoms with van der Waals surface area (Å²) in [5.41, 5.74) is 0. The van der Waals surface area contributed by atoms with Crippen LogP contribution in [0.2, 0.25) is 0 Å². The third-order valence-corrected chi connectivity index (χ3v) is 3.41. The number of nitrogens with one attached hydrogen (secondary N) is 1. The van der Waals surface area contributed by atoms with Gasteiger partial charge in [-0.25, -0.2) is 4.79 Å². The first-order valence-electron chi connectivity index (χ1n) is 6.94. The molecular formula is C14H22N2O4. The van der Waals surface area contributed by atoms with Crippen LogP contribution in [0.1, 0.15) is 32.1 Å². The highest BCUT2D eigenvalue weighted by Gasteiger charge is 2.29. The van der Waals surface area contributed by atoms with Crippen molar-refractivity contribution >= 4 is 6.03 Å². The molecule has 3 unspecified atom stereocenters. The molecule has 2 rings (SSSR count). The van der Waals surface area contributed by atoms with Crippen molar-refractivity contribution in [1.82, 2.24) is 10.2 Å². The number of morpholine rings is 1.